The number of likely N-dealkylation sites (tertiary alicyclic amines) is 1. The van der Waals surface area contributed by atoms with E-state index in [0.29, 0.717) is 5.92 Å². The van der Waals surface area contributed by atoms with Crippen molar-refractivity contribution in [1.29, 1.82) is 0 Å². The highest BCUT2D eigenvalue weighted by atomic mass is 79.9. The van der Waals surface area contributed by atoms with Crippen LogP contribution in [0, 0.1) is 5.92 Å². The maximum Gasteiger partial charge on any atom is 0.133 e. The Morgan fingerprint density at radius 1 is 1.30 bits per heavy atom. The van der Waals surface area contributed by atoms with E-state index in [-0.39, 0.29) is 6.04 Å². The highest BCUT2D eigenvalue weighted by Crippen LogP contribution is 2.33. The smallest absolute Gasteiger partial charge is 0.133 e. The SMILES string of the molecule is COc1cc(CN2CCC(C)C(N)C2)c(OC)cc1Br. The first kappa shape index (κ1) is 15.6. The van der Waals surface area contributed by atoms with Crippen LogP contribution in [0.5, 0.6) is 11.5 Å². The van der Waals surface area contributed by atoms with Crippen LogP contribution in [-0.4, -0.2) is 38.3 Å². The van der Waals surface area contributed by atoms with Gasteiger partial charge in [0.1, 0.15) is 11.5 Å². The Hall–Kier alpha value is -0.780. The molecular weight excluding hydrogens is 320 g/mol. The standard InChI is InChI=1S/C15H23BrN2O2/c1-10-4-5-18(9-13(10)17)8-11-6-15(20-3)12(16)7-14(11)19-2/h6-7,10,13H,4-5,8-9,17H2,1-3H3. The van der Waals surface area contributed by atoms with Gasteiger partial charge in [0.2, 0.25) is 0 Å². The van der Waals surface area contributed by atoms with Crippen LogP contribution in [0.25, 0.3) is 0 Å². The van der Waals surface area contributed by atoms with E-state index in [0.717, 1.165) is 47.6 Å². The first-order chi connectivity index (χ1) is 9.55. The van der Waals surface area contributed by atoms with Gasteiger partial charge in [-0.25, -0.2) is 0 Å². The summed E-state index contributed by atoms with van der Waals surface area (Å²) in [7, 11) is 3.37. The molecule has 20 heavy (non-hydrogen) atoms. The van der Waals surface area contributed by atoms with E-state index >= 15 is 0 Å². The third-order valence-electron chi connectivity index (χ3n) is 4.05. The van der Waals surface area contributed by atoms with E-state index in [9.17, 15) is 0 Å². The van der Waals surface area contributed by atoms with Gasteiger partial charge in [-0.15, -0.1) is 0 Å². The second-order valence-corrected chi connectivity index (χ2v) is 6.32. The molecule has 2 rings (SSSR count). The average Bonchev–Trinajstić information content (AvgIpc) is 2.44. The first-order valence-electron chi connectivity index (χ1n) is 6.93. The molecule has 2 N–H and O–H groups in total. The second-order valence-electron chi connectivity index (χ2n) is 5.46. The summed E-state index contributed by atoms with van der Waals surface area (Å²) in [6.45, 7) is 5.08. The highest BCUT2D eigenvalue weighted by molar-refractivity contribution is 9.10. The number of nitrogens with zero attached hydrogens (tertiary/aromatic N) is 1. The van der Waals surface area contributed by atoms with Crippen LogP contribution in [0.3, 0.4) is 0 Å². The van der Waals surface area contributed by atoms with E-state index in [1.165, 1.54) is 0 Å². The van der Waals surface area contributed by atoms with Crippen LogP contribution in [0.15, 0.2) is 16.6 Å². The zero-order chi connectivity index (χ0) is 14.7. The Morgan fingerprint density at radius 3 is 2.60 bits per heavy atom. The van der Waals surface area contributed by atoms with Crippen molar-refractivity contribution in [2.45, 2.75) is 25.9 Å². The predicted octanol–water partition coefficient (Wildman–Crippen LogP) is 2.64. The van der Waals surface area contributed by atoms with E-state index in [2.05, 4.69) is 27.8 Å². The van der Waals surface area contributed by atoms with Crippen LogP contribution in [0.1, 0.15) is 18.9 Å². The number of rotatable bonds is 4. The number of hydrogen-bond acceptors (Lipinski definition) is 4. The Kier molecular flexibility index (Phi) is 5.29. The van der Waals surface area contributed by atoms with Gasteiger partial charge in [-0.2, -0.15) is 0 Å². The lowest BCUT2D eigenvalue weighted by molar-refractivity contribution is 0.160. The lowest BCUT2D eigenvalue weighted by Gasteiger charge is -2.35. The molecule has 1 aromatic carbocycles. The normalized spacial score (nSPS) is 23.6. The molecule has 4 nitrogen and oxygen atoms in total. The maximum atomic E-state index is 6.17. The van der Waals surface area contributed by atoms with Gasteiger partial charge in [0, 0.05) is 24.7 Å². The molecule has 1 aliphatic rings. The Labute approximate surface area is 129 Å². The van der Waals surface area contributed by atoms with Crippen molar-refractivity contribution in [3.8, 4) is 11.5 Å². The topological polar surface area (TPSA) is 47.7 Å². The molecule has 5 heteroatoms. The van der Waals surface area contributed by atoms with Crippen LogP contribution >= 0.6 is 15.9 Å². The molecule has 1 fully saturated rings. The van der Waals surface area contributed by atoms with Gasteiger partial charge in [-0.05, 0) is 46.9 Å². The van der Waals surface area contributed by atoms with Gasteiger partial charge in [0.25, 0.3) is 0 Å². The monoisotopic (exact) mass is 342 g/mol. The molecule has 112 valence electrons. The van der Waals surface area contributed by atoms with Gasteiger partial charge >= 0.3 is 0 Å². The molecule has 0 amide bonds. The fourth-order valence-corrected chi connectivity index (χ4v) is 3.09. The molecule has 1 heterocycles. The number of nitrogens with two attached hydrogens (primary N) is 1. The van der Waals surface area contributed by atoms with E-state index in [1.54, 1.807) is 14.2 Å². The fourth-order valence-electron chi connectivity index (χ4n) is 2.60. The summed E-state index contributed by atoms with van der Waals surface area (Å²) >= 11 is 3.49. The molecule has 1 aliphatic heterocycles. The Balaban J connectivity index is 2.16. The Bertz CT molecular complexity index is 467. The van der Waals surface area contributed by atoms with Crippen molar-refractivity contribution in [3.63, 3.8) is 0 Å². The van der Waals surface area contributed by atoms with Crippen molar-refractivity contribution in [2.75, 3.05) is 27.3 Å². The van der Waals surface area contributed by atoms with Gasteiger partial charge in [-0.1, -0.05) is 6.92 Å². The van der Waals surface area contributed by atoms with Crippen LogP contribution in [0.4, 0.5) is 0 Å². The zero-order valence-corrected chi connectivity index (χ0v) is 13.9. The number of hydrogen-bond donors (Lipinski definition) is 1. The molecule has 0 bridgehead atoms. The summed E-state index contributed by atoms with van der Waals surface area (Å²) in [5.41, 5.74) is 7.30. The van der Waals surface area contributed by atoms with Crippen molar-refractivity contribution >= 4 is 15.9 Å². The van der Waals surface area contributed by atoms with E-state index in [1.807, 2.05) is 12.1 Å². The summed E-state index contributed by atoms with van der Waals surface area (Å²) in [5, 5.41) is 0. The maximum absolute atomic E-state index is 6.17. The highest BCUT2D eigenvalue weighted by Gasteiger charge is 2.24. The van der Waals surface area contributed by atoms with Crippen LogP contribution < -0.4 is 15.2 Å². The van der Waals surface area contributed by atoms with Crippen molar-refractivity contribution in [1.82, 2.24) is 4.90 Å². The number of halogens is 1. The van der Waals surface area contributed by atoms with Crippen molar-refractivity contribution < 1.29 is 9.47 Å². The summed E-state index contributed by atoms with van der Waals surface area (Å²) in [5.74, 6) is 2.31. The zero-order valence-electron chi connectivity index (χ0n) is 12.4. The molecule has 0 aromatic heterocycles. The molecule has 1 saturated heterocycles. The van der Waals surface area contributed by atoms with E-state index in [4.69, 9.17) is 15.2 Å². The van der Waals surface area contributed by atoms with Gasteiger partial charge in [-0.3, -0.25) is 4.90 Å². The van der Waals surface area contributed by atoms with Crippen LogP contribution in [-0.2, 0) is 6.54 Å². The quantitative estimate of drug-likeness (QED) is 0.913. The minimum absolute atomic E-state index is 0.257. The summed E-state index contributed by atoms with van der Waals surface area (Å²) in [4.78, 5) is 2.38. The largest absolute Gasteiger partial charge is 0.496 e. The van der Waals surface area contributed by atoms with Gasteiger partial charge < -0.3 is 15.2 Å². The third kappa shape index (κ3) is 3.45. The summed E-state index contributed by atoms with van der Waals surface area (Å²) in [6, 6.07) is 4.25. The molecular formula is C15H23BrN2O2. The summed E-state index contributed by atoms with van der Waals surface area (Å²) < 4.78 is 11.7. The second kappa shape index (κ2) is 6.78. The fraction of sp³-hybridized carbons (Fsp3) is 0.600. The summed E-state index contributed by atoms with van der Waals surface area (Å²) in [6.07, 6.45) is 1.15. The predicted molar refractivity (Wildman–Crippen MR) is 84.3 cm³/mol. The molecule has 0 spiro atoms. The lowest BCUT2D eigenvalue weighted by atomic mass is 9.94. The lowest BCUT2D eigenvalue weighted by Crippen LogP contribution is -2.47. The molecule has 2 atom stereocenters. The number of benzene rings is 1. The molecule has 0 radical (unpaired) electrons. The molecule has 2 unspecified atom stereocenters. The van der Waals surface area contributed by atoms with Gasteiger partial charge in [0.05, 0.1) is 18.7 Å². The Morgan fingerprint density at radius 2 is 2.00 bits per heavy atom. The van der Waals surface area contributed by atoms with E-state index < -0.39 is 0 Å². The van der Waals surface area contributed by atoms with Gasteiger partial charge in [0.15, 0.2) is 0 Å². The third-order valence-corrected chi connectivity index (χ3v) is 4.67. The van der Waals surface area contributed by atoms with Crippen molar-refractivity contribution in [3.05, 3.63) is 22.2 Å². The number of ether oxygens (including phenoxy) is 2. The van der Waals surface area contributed by atoms with Crippen molar-refractivity contribution in [2.24, 2.45) is 11.7 Å². The molecule has 1 aromatic rings. The number of methoxy groups -OCH3 is 2. The molecule has 0 saturated carbocycles. The number of piperidine rings is 1. The average molecular weight is 343 g/mol. The minimum atomic E-state index is 0.257. The van der Waals surface area contributed by atoms with Crippen LogP contribution in [0.2, 0.25) is 0 Å². The molecule has 0 aliphatic carbocycles. The minimum Gasteiger partial charge on any atom is -0.496 e. The first-order valence-corrected chi connectivity index (χ1v) is 7.72.